The molecule has 4 heterocycles. The number of nitrogens with zero attached hydrogens (tertiary/aromatic N) is 6. The van der Waals surface area contributed by atoms with E-state index in [0.717, 1.165) is 57.2 Å². The van der Waals surface area contributed by atoms with Gasteiger partial charge in [-0.3, -0.25) is 14.6 Å². The van der Waals surface area contributed by atoms with Crippen LogP contribution in [0.15, 0.2) is 24.5 Å². The normalized spacial score (nSPS) is 18.1. The maximum Gasteiger partial charge on any atom is 0.0967 e. The number of pyridine rings is 1. The first kappa shape index (κ1) is 27.9. The minimum absolute atomic E-state index is 0. The summed E-state index contributed by atoms with van der Waals surface area (Å²) in [6.45, 7) is 9.23. The van der Waals surface area contributed by atoms with Crippen LogP contribution in [0.2, 0.25) is 0 Å². The Morgan fingerprint density at radius 1 is 1.00 bits per heavy atom. The number of anilines is 1. The van der Waals surface area contributed by atoms with E-state index in [4.69, 9.17) is 5.73 Å². The molecule has 2 fully saturated rings. The van der Waals surface area contributed by atoms with Gasteiger partial charge in [-0.1, -0.05) is 5.21 Å². The fraction of sp³-hybridized carbons (Fsp3) is 0.667. The molecule has 2 saturated heterocycles. The van der Waals surface area contributed by atoms with E-state index in [1.165, 1.54) is 31.4 Å². The van der Waals surface area contributed by atoms with Crippen molar-refractivity contribution in [1.29, 1.82) is 0 Å². The molecule has 7 nitrogen and oxygen atoms in total. The van der Waals surface area contributed by atoms with Crippen LogP contribution in [0.4, 0.5) is 5.69 Å². The second-order valence-corrected chi connectivity index (χ2v) is 8.47. The van der Waals surface area contributed by atoms with Crippen molar-refractivity contribution in [3.63, 3.8) is 0 Å². The highest BCUT2D eigenvalue weighted by molar-refractivity contribution is 5.86. The predicted molar refractivity (Wildman–Crippen MR) is 133 cm³/mol. The fourth-order valence-corrected chi connectivity index (χ4v) is 4.48. The Kier molecular flexibility index (Phi) is 12.1. The van der Waals surface area contributed by atoms with Gasteiger partial charge in [-0.15, -0.1) is 42.3 Å². The number of hydrogen-bond acceptors (Lipinski definition) is 6. The average Bonchev–Trinajstić information content (AvgIpc) is 3.16. The Hall–Kier alpha value is -1.12. The van der Waals surface area contributed by atoms with E-state index in [1.807, 2.05) is 6.20 Å². The molecule has 2 aromatic rings. The summed E-state index contributed by atoms with van der Waals surface area (Å²) in [6, 6.07) is 4.30. The van der Waals surface area contributed by atoms with Crippen molar-refractivity contribution in [2.75, 3.05) is 37.6 Å². The number of rotatable bonds is 6. The lowest BCUT2D eigenvalue weighted by Crippen LogP contribution is -2.35. The zero-order chi connectivity index (χ0) is 19.3. The van der Waals surface area contributed by atoms with Gasteiger partial charge in [-0.05, 0) is 76.2 Å². The van der Waals surface area contributed by atoms with Gasteiger partial charge in [0.05, 0.1) is 5.69 Å². The van der Waals surface area contributed by atoms with Crippen molar-refractivity contribution in [3.8, 4) is 0 Å². The Balaban J connectivity index is 0.00000160. The number of likely N-dealkylation sites (tertiary alicyclic amines) is 1. The van der Waals surface area contributed by atoms with Gasteiger partial charge >= 0.3 is 0 Å². The fourth-order valence-electron chi connectivity index (χ4n) is 4.48. The molecule has 0 spiro atoms. The van der Waals surface area contributed by atoms with Gasteiger partial charge in [0.15, 0.2) is 0 Å². The summed E-state index contributed by atoms with van der Waals surface area (Å²) in [7, 11) is 0. The third-order valence-electron chi connectivity index (χ3n) is 6.32. The van der Waals surface area contributed by atoms with E-state index in [2.05, 4.69) is 55.0 Å². The van der Waals surface area contributed by atoms with Gasteiger partial charge in [0.2, 0.25) is 0 Å². The molecule has 176 valence electrons. The molecule has 0 unspecified atom stereocenters. The smallest absolute Gasteiger partial charge is 0.0967 e. The molecule has 2 aromatic heterocycles. The second kappa shape index (κ2) is 13.4. The van der Waals surface area contributed by atoms with Crippen molar-refractivity contribution < 1.29 is 0 Å². The van der Waals surface area contributed by atoms with E-state index >= 15 is 0 Å². The third-order valence-corrected chi connectivity index (χ3v) is 6.32. The van der Waals surface area contributed by atoms with Crippen molar-refractivity contribution in [3.05, 3.63) is 35.9 Å². The molecule has 0 atom stereocenters. The number of hydrogen-bond donors (Lipinski definition) is 1. The van der Waals surface area contributed by atoms with Crippen LogP contribution in [0, 0.1) is 18.8 Å². The zero-order valence-electron chi connectivity index (χ0n) is 18.2. The van der Waals surface area contributed by atoms with E-state index in [-0.39, 0.29) is 37.2 Å². The standard InChI is InChI=1S/C21H33N7.3ClH/c1-17-12-21(2-7-23-17)27-10-5-19(6-11-27)14-28-16-20(24-25-28)15-26-8-3-18(13-22)4-9-26;;;/h2,7,12,16,18-19H,3-6,8-11,13-15,22H2,1H3;3*1H. The van der Waals surface area contributed by atoms with Gasteiger partial charge in [0.25, 0.3) is 0 Å². The van der Waals surface area contributed by atoms with E-state index in [9.17, 15) is 0 Å². The van der Waals surface area contributed by atoms with Crippen LogP contribution in [0.1, 0.15) is 37.1 Å². The van der Waals surface area contributed by atoms with E-state index < -0.39 is 0 Å². The molecule has 0 radical (unpaired) electrons. The van der Waals surface area contributed by atoms with E-state index in [1.54, 1.807) is 0 Å². The summed E-state index contributed by atoms with van der Waals surface area (Å²) < 4.78 is 2.05. The predicted octanol–water partition coefficient (Wildman–Crippen LogP) is 3.33. The Bertz CT molecular complexity index is 757. The molecule has 2 aliphatic rings. The maximum atomic E-state index is 5.79. The van der Waals surface area contributed by atoms with Crippen molar-refractivity contribution in [1.82, 2.24) is 24.9 Å². The number of nitrogens with two attached hydrogens (primary N) is 1. The highest BCUT2D eigenvalue weighted by Gasteiger charge is 2.22. The topological polar surface area (TPSA) is 76.1 Å². The maximum absolute atomic E-state index is 5.79. The number of aromatic nitrogens is 4. The Morgan fingerprint density at radius 3 is 2.32 bits per heavy atom. The Morgan fingerprint density at radius 2 is 1.68 bits per heavy atom. The van der Waals surface area contributed by atoms with Gasteiger partial charge in [-0.2, -0.15) is 0 Å². The first-order chi connectivity index (χ1) is 13.7. The average molecular weight is 493 g/mol. The van der Waals surface area contributed by atoms with Crippen LogP contribution in [-0.2, 0) is 13.1 Å². The van der Waals surface area contributed by atoms with Crippen LogP contribution in [0.3, 0.4) is 0 Å². The second-order valence-electron chi connectivity index (χ2n) is 8.47. The van der Waals surface area contributed by atoms with E-state index in [0.29, 0.717) is 11.8 Å². The molecule has 0 aliphatic carbocycles. The quantitative estimate of drug-likeness (QED) is 0.666. The molecule has 10 heteroatoms. The monoisotopic (exact) mass is 491 g/mol. The molecule has 4 rings (SSSR count). The first-order valence-electron chi connectivity index (χ1n) is 10.7. The van der Waals surface area contributed by atoms with Crippen LogP contribution in [0.5, 0.6) is 0 Å². The van der Waals surface area contributed by atoms with Gasteiger partial charge in [0.1, 0.15) is 0 Å². The lowest BCUT2D eigenvalue weighted by Gasteiger charge is -2.33. The number of piperidine rings is 2. The van der Waals surface area contributed by atoms with Crippen molar-refractivity contribution in [2.45, 2.75) is 45.7 Å². The summed E-state index contributed by atoms with van der Waals surface area (Å²) in [5.74, 6) is 1.38. The highest BCUT2D eigenvalue weighted by Crippen LogP contribution is 2.24. The van der Waals surface area contributed by atoms with Crippen LogP contribution in [0.25, 0.3) is 0 Å². The summed E-state index contributed by atoms with van der Waals surface area (Å²) in [4.78, 5) is 9.26. The highest BCUT2D eigenvalue weighted by atomic mass is 35.5. The van der Waals surface area contributed by atoms with Gasteiger partial charge < -0.3 is 10.6 Å². The van der Waals surface area contributed by atoms with Crippen molar-refractivity contribution >= 4 is 42.9 Å². The van der Waals surface area contributed by atoms with Gasteiger partial charge in [-0.25, -0.2) is 0 Å². The molecule has 0 bridgehead atoms. The summed E-state index contributed by atoms with van der Waals surface area (Å²) >= 11 is 0. The molecule has 2 N–H and O–H groups in total. The summed E-state index contributed by atoms with van der Waals surface area (Å²) in [6.07, 6.45) is 8.87. The minimum atomic E-state index is 0. The van der Waals surface area contributed by atoms with Crippen LogP contribution in [-0.4, -0.2) is 57.6 Å². The molecular weight excluding hydrogens is 457 g/mol. The van der Waals surface area contributed by atoms with Gasteiger partial charge in [0, 0.05) is 50.0 Å². The largest absolute Gasteiger partial charge is 0.371 e. The molecule has 0 saturated carbocycles. The SMILES string of the molecule is Cc1cc(N2CCC(Cn3cc(CN4CCC(CN)CC4)nn3)CC2)ccn1.Cl.Cl.Cl. The number of halogens is 3. The summed E-state index contributed by atoms with van der Waals surface area (Å²) in [5, 5.41) is 8.81. The summed E-state index contributed by atoms with van der Waals surface area (Å²) in [5.41, 5.74) is 9.27. The molecule has 2 aliphatic heterocycles. The number of aryl methyl sites for hydroxylation is 1. The molecule has 0 amide bonds. The minimum Gasteiger partial charge on any atom is -0.371 e. The lowest BCUT2D eigenvalue weighted by molar-refractivity contribution is 0.178. The van der Waals surface area contributed by atoms with Crippen LogP contribution >= 0.6 is 37.2 Å². The first-order valence-corrected chi connectivity index (χ1v) is 10.7. The molecular formula is C21H36Cl3N7. The third kappa shape index (κ3) is 7.75. The molecule has 0 aromatic carbocycles. The molecule has 31 heavy (non-hydrogen) atoms. The Labute approximate surface area is 204 Å². The van der Waals surface area contributed by atoms with Crippen molar-refractivity contribution in [2.24, 2.45) is 17.6 Å². The van der Waals surface area contributed by atoms with Crippen LogP contribution < -0.4 is 10.6 Å². The zero-order valence-corrected chi connectivity index (χ0v) is 20.7. The lowest BCUT2D eigenvalue weighted by atomic mass is 9.96.